The first-order valence-electron chi connectivity index (χ1n) is 2.54. The quantitative estimate of drug-likeness (QED) is 0.398. The van der Waals surface area contributed by atoms with Crippen molar-refractivity contribution in [3.8, 4) is 0 Å². The Morgan fingerprint density at radius 1 is 1.88 bits per heavy atom. The van der Waals surface area contributed by atoms with E-state index in [1.54, 1.807) is 0 Å². The normalized spacial score (nSPS) is 12.6. The van der Waals surface area contributed by atoms with E-state index in [1.165, 1.54) is 6.08 Å². The molecule has 0 aromatic carbocycles. The van der Waals surface area contributed by atoms with Gasteiger partial charge in [-0.05, 0) is 6.92 Å². The lowest BCUT2D eigenvalue weighted by Crippen LogP contribution is -2.09. The van der Waals surface area contributed by atoms with Gasteiger partial charge in [-0.3, -0.25) is 0 Å². The highest BCUT2D eigenvalue weighted by Crippen LogP contribution is 1.85. The maximum absolute atomic E-state index is 9.93. The van der Waals surface area contributed by atoms with Crippen LogP contribution >= 0.6 is 0 Å². The predicted molar refractivity (Wildman–Crippen MR) is 31.7 cm³/mol. The molecular formula is C6H10O2. The van der Waals surface area contributed by atoms with Crippen LogP contribution in [0.25, 0.3) is 0 Å². The Hall–Kier alpha value is -0.630. The molecule has 1 atom stereocenters. The van der Waals surface area contributed by atoms with E-state index < -0.39 is 6.10 Å². The van der Waals surface area contributed by atoms with E-state index in [2.05, 4.69) is 6.58 Å². The maximum atomic E-state index is 9.93. The summed E-state index contributed by atoms with van der Waals surface area (Å²) in [5.74, 6) is 0. The van der Waals surface area contributed by atoms with Crippen LogP contribution in [0.5, 0.6) is 0 Å². The molecule has 0 saturated carbocycles. The summed E-state index contributed by atoms with van der Waals surface area (Å²) in [7, 11) is 0. The highest BCUT2D eigenvalue weighted by atomic mass is 16.5. The molecular weight excluding hydrogens is 104 g/mol. The molecule has 0 radical (unpaired) electrons. The lowest BCUT2D eigenvalue weighted by Gasteiger charge is -2.01. The molecule has 0 fully saturated rings. The molecule has 0 N–H and O–H groups in total. The van der Waals surface area contributed by atoms with Gasteiger partial charge in [0.1, 0.15) is 6.10 Å². The molecule has 8 heavy (non-hydrogen) atoms. The summed E-state index contributed by atoms with van der Waals surface area (Å²) >= 11 is 0. The molecule has 0 aromatic rings. The van der Waals surface area contributed by atoms with Gasteiger partial charge in [0, 0.05) is 6.61 Å². The third-order valence-electron chi connectivity index (χ3n) is 0.726. The zero-order chi connectivity index (χ0) is 6.41. The molecule has 0 aliphatic carbocycles. The minimum absolute atomic E-state index is 0.417. The second-order valence-electron chi connectivity index (χ2n) is 1.29. The molecule has 0 amide bonds. The molecule has 2 heteroatoms. The van der Waals surface area contributed by atoms with Gasteiger partial charge in [-0.1, -0.05) is 6.08 Å². The molecule has 0 aliphatic heterocycles. The van der Waals surface area contributed by atoms with Crippen LogP contribution in [-0.4, -0.2) is 19.0 Å². The van der Waals surface area contributed by atoms with Crippen LogP contribution in [0.4, 0.5) is 0 Å². The van der Waals surface area contributed by atoms with Crippen LogP contribution < -0.4 is 0 Å². The van der Waals surface area contributed by atoms with Crippen LogP contribution in [0.3, 0.4) is 0 Å². The number of rotatable bonds is 4. The first kappa shape index (κ1) is 7.37. The lowest BCUT2D eigenvalue weighted by molar-refractivity contribution is -0.115. The van der Waals surface area contributed by atoms with Crippen molar-refractivity contribution in [2.45, 2.75) is 13.0 Å². The van der Waals surface area contributed by atoms with Crippen molar-refractivity contribution in [3.05, 3.63) is 12.7 Å². The first-order chi connectivity index (χ1) is 3.85. The van der Waals surface area contributed by atoms with E-state index in [9.17, 15) is 4.79 Å². The molecule has 46 valence electrons. The van der Waals surface area contributed by atoms with Gasteiger partial charge in [-0.15, -0.1) is 6.58 Å². The minimum atomic E-state index is -0.417. The number of hydrogen-bond acceptors (Lipinski definition) is 2. The minimum Gasteiger partial charge on any atom is -0.367 e. The van der Waals surface area contributed by atoms with E-state index in [0.29, 0.717) is 6.61 Å². The molecule has 0 spiro atoms. The molecule has 0 heterocycles. The first-order valence-corrected chi connectivity index (χ1v) is 2.54. The number of ether oxygens (including phenoxy) is 1. The van der Waals surface area contributed by atoms with Crippen LogP contribution in [0.15, 0.2) is 12.7 Å². The monoisotopic (exact) mass is 114 g/mol. The third-order valence-corrected chi connectivity index (χ3v) is 0.726. The van der Waals surface area contributed by atoms with E-state index in [0.717, 1.165) is 6.29 Å². The Kier molecular flexibility index (Phi) is 4.17. The second-order valence-corrected chi connectivity index (χ2v) is 1.29. The fraction of sp³-hybridized carbons (Fsp3) is 0.500. The summed E-state index contributed by atoms with van der Waals surface area (Å²) in [6.07, 6.45) is 1.77. The SMILES string of the molecule is C=CC(C=O)OCC. The van der Waals surface area contributed by atoms with Crippen molar-refractivity contribution < 1.29 is 9.53 Å². The number of carbonyl (C=O) groups excluding carboxylic acids is 1. The zero-order valence-corrected chi connectivity index (χ0v) is 4.96. The standard InChI is InChI=1S/C6H10O2/c1-3-6(5-7)8-4-2/h3,5-6H,1,4H2,2H3. The summed E-state index contributed by atoms with van der Waals surface area (Å²) in [5.41, 5.74) is 0. The number of carbonyl (C=O) groups is 1. The highest BCUT2D eigenvalue weighted by Gasteiger charge is 1.96. The van der Waals surface area contributed by atoms with Gasteiger partial charge in [0.25, 0.3) is 0 Å². The Labute approximate surface area is 49.1 Å². The van der Waals surface area contributed by atoms with E-state index in [4.69, 9.17) is 4.74 Å². The average molecular weight is 114 g/mol. The van der Waals surface area contributed by atoms with E-state index >= 15 is 0 Å². The molecule has 0 saturated heterocycles. The van der Waals surface area contributed by atoms with Gasteiger partial charge in [-0.25, -0.2) is 0 Å². The van der Waals surface area contributed by atoms with Crippen LogP contribution in [-0.2, 0) is 9.53 Å². The lowest BCUT2D eigenvalue weighted by atomic mass is 10.4. The van der Waals surface area contributed by atoms with Crippen molar-refractivity contribution in [2.75, 3.05) is 6.61 Å². The summed E-state index contributed by atoms with van der Waals surface area (Å²) in [4.78, 5) is 9.93. The Bertz CT molecular complexity index is 70.6. The van der Waals surface area contributed by atoms with Crippen molar-refractivity contribution in [1.82, 2.24) is 0 Å². The Morgan fingerprint density at radius 3 is 2.62 bits per heavy atom. The van der Waals surface area contributed by atoms with Crippen molar-refractivity contribution in [1.29, 1.82) is 0 Å². The van der Waals surface area contributed by atoms with Crippen molar-refractivity contribution >= 4 is 6.29 Å². The molecule has 0 rings (SSSR count). The number of aldehydes is 1. The number of hydrogen-bond donors (Lipinski definition) is 0. The highest BCUT2D eigenvalue weighted by molar-refractivity contribution is 5.58. The van der Waals surface area contributed by atoms with Crippen LogP contribution in [0.1, 0.15) is 6.92 Å². The van der Waals surface area contributed by atoms with Gasteiger partial charge < -0.3 is 9.53 Å². The summed E-state index contributed by atoms with van der Waals surface area (Å²) in [6, 6.07) is 0. The predicted octanol–water partition coefficient (Wildman–Crippen LogP) is 0.776. The molecule has 2 nitrogen and oxygen atoms in total. The smallest absolute Gasteiger partial charge is 0.152 e. The summed E-state index contributed by atoms with van der Waals surface area (Å²) in [5, 5.41) is 0. The molecule has 0 aliphatic rings. The van der Waals surface area contributed by atoms with E-state index in [1.807, 2.05) is 6.92 Å². The second kappa shape index (κ2) is 4.53. The molecule has 0 aromatic heterocycles. The van der Waals surface area contributed by atoms with Gasteiger partial charge in [0.2, 0.25) is 0 Å². The van der Waals surface area contributed by atoms with Crippen LogP contribution in [0, 0.1) is 0 Å². The summed E-state index contributed by atoms with van der Waals surface area (Å²) in [6.45, 7) is 5.78. The maximum Gasteiger partial charge on any atom is 0.152 e. The molecule has 1 unspecified atom stereocenters. The van der Waals surface area contributed by atoms with Gasteiger partial charge in [-0.2, -0.15) is 0 Å². The van der Waals surface area contributed by atoms with Crippen molar-refractivity contribution in [3.63, 3.8) is 0 Å². The van der Waals surface area contributed by atoms with Gasteiger partial charge in [0.15, 0.2) is 6.29 Å². The average Bonchev–Trinajstić information content (AvgIpc) is 1.83. The van der Waals surface area contributed by atoms with Crippen LogP contribution in [0.2, 0.25) is 0 Å². The summed E-state index contributed by atoms with van der Waals surface area (Å²) < 4.78 is 4.85. The topological polar surface area (TPSA) is 26.3 Å². The van der Waals surface area contributed by atoms with Gasteiger partial charge in [0.05, 0.1) is 0 Å². The largest absolute Gasteiger partial charge is 0.367 e. The zero-order valence-electron chi connectivity index (χ0n) is 4.96. The van der Waals surface area contributed by atoms with Crippen molar-refractivity contribution in [2.24, 2.45) is 0 Å². The fourth-order valence-electron chi connectivity index (χ4n) is 0.355. The molecule has 0 bridgehead atoms. The fourth-order valence-corrected chi connectivity index (χ4v) is 0.355. The Balaban J connectivity index is 3.35. The van der Waals surface area contributed by atoms with Gasteiger partial charge >= 0.3 is 0 Å². The Morgan fingerprint density at radius 2 is 2.50 bits per heavy atom. The third kappa shape index (κ3) is 2.53. The van der Waals surface area contributed by atoms with E-state index in [-0.39, 0.29) is 0 Å².